The molecule has 1 atom stereocenters. The Kier molecular flexibility index (Phi) is 4.68. The average molecular weight is 334 g/mol. The number of halogens is 1. The van der Waals surface area contributed by atoms with Crippen LogP contribution >= 0.6 is 11.6 Å². The van der Waals surface area contributed by atoms with Crippen LogP contribution in [-0.2, 0) is 11.3 Å². The molecule has 1 aliphatic rings. The van der Waals surface area contributed by atoms with Gasteiger partial charge in [-0.25, -0.2) is 4.98 Å². The molecular weight excluding hydrogens is 314 g/mol. The molecule has 0 aliphatic carbocycles. The summed E-state index contributed by atoms with van der Waals surface area (Å²) in [6.07, 6.45) is 0.887. The largest absolute Gasteiger partial charge is 0.441 e. The van der Waals surface area contributed by atoms with E-state index in [2.05, 4.69) is 15.2 Å². The van der Waals surface area contributed by atoms with Crippen LogP contribution in [0.2, 0.25) is 5.02 Å². The minimum absolute atomic E-state index is 0.0691. The fraction of sp³-hybridized carbons (Fsp3) is 0.412. The van der Waals surface area contributed by atoms with Gasteiger partial charge in [0.15, 0.2) is 0 Å². The third-order valence-corrected chi connectivity index (χ3v) is 4.46. The number of aryl methyl sites for hydroxylation is 1. The zero-order valence-electron chi connectivity index (χ0n) is 13.3. The van der Waals surface area contributed by atoms with Crippen molar-refractivity contribution in [1.82, 2.24) is 15.2 Å². The summed E-state index contributed by atoms with van der Waals surface area (Å²) in [6, 6.07) is 7.47. The molecule has 23 heavy (non-hydrogen) atoms. The summed E-state index contributed by atoms with van der Waals surface area (Å²) < 4.78 is 5.79. The van der Waals surface area contributed by atoms with Gasteiger partial charge in [-0.15, -0.1) is 0 Å². The Morgan fingerprint density at radius 2 is 2.35 bits per heavy atom. The number of nitrogens with zero attached hydrogens (tertiary/aromatic N) is 2. The summed E-state index contributed by atoms with van der Waals surface area (Å²) in [4.78, 5) is 18.6. The molecule has 1 saturated heterocycles. The van der Waals surface area contributed by atoms with Crippen LogP contribution < -0.4 is 5.32 Å². The van der Waals surface area contributed by atoms with Crippen LogP contribution in [0.4, 0.5) is 0 Å². The first-order valence-corrected chi connectivity index (χ1v) is 8.11. The number of carbonyl (C=O) groups is 1. The van der Waals surface area contributed by atoms with E-state index in [4.69, 9.17) is 16.0 Å². The molecule has 0 saturated carbocycles. The zero-order valence-corrected chi connectivity index (χ0v) is 14.1. The molecule has 5 nitrogen and oxygen atoms in total. The number of nitrogens with one attached hydrogen (secondary N) is 1. The number of oxazole rings is 1. The summed E-state index contributed by atoms with van der Waals surface area (Å²) in [5.41, 5.74) is 1.79. The number of rotatable bonds is 4. The predicted molar refractivity (Wildman–Crippen MR) is 89.1 cm³/mol. The van der Waals surface area contributed by atoms with E-state index in [0.29, 0.717) is 17.5 Å². The van der Waals surface area contributed by atoms with E-state index in [0.717, 1.165) is 36.5 Å². The van der Waals surface area contributed by atoms with Gasteiger partial charge in [0, 0.05) is 30.7 Å². The highest BCUT2D eigenvalue weighted by Crippen LogP contribution is 2.26. The van der Waals surface area contributed by atoms with Gasteiger partial charge in [-0.1, -0.05) is 17.7 Å². The van der Waals surface area contributed by atoms with Crippen molar-refractivity contribution in [3.63, 3.8) is 0 Å². The molecule has 1 aromatic heterocycles. The lowest BCUT2D eigenvalue weighted by molar-refractivity contribution is -0.124. The Labute approximate surface area is 140 Å². The Morgan fingerprint density at radius 1 is 1.52 bits per heavy atom. The molecule has 0 radical (unpaired) electrons. The number of aromatic nitrogens is 1. The van der Waals surface area contributed by atoms with Crippen molar-refractivity contribution in [2.75, 3.05) is 20.1 Å². The fourth-order valence-corrected chi connectivity index (χ4v) is 3.12. The van der Waals surface area contributed by atoms with Crippen molar-refractivity contribution in [1.29, 1.82) is 0 Å². The van der Waals surface area contributed by atoms with Gasteiger partial charge in [-0.05, 0) is 38.1 Å². The van der Waals surface area contributed by atoms with Crippen molar-refractivity contribution in [2.45, 2.75) is 19.9 Å². The SMILES string of the molecule is CNC(=O)[C@@H]1CCN(Cc2nc(-c3cccc(Cl)c3)oc2C)C1. The maximum absolute atomic E-state index is 11.7. The van der Waals surface area contributed by atoms with Crippen LogP contribution in [0.15, 0.2) is 28.7 Å². The lowest BCUT2D eigenvalue weighted by Gasteiger charge is -2.14. The van der Waals surface area contributed by atoms with Gasteiger partial charge in [-0.2, -0.15) is 0 Å². The molecule has 1 amide bonds. The Bertz CT molecular complexity index is 714. The van der Waals surface area contributed by atoms with E-state index in [1.165, 1.54) is 0 Å². The van der Waals surface area contributed by atoms with Gasteiger partial charge in [0.2, 0.25) is 11.8 Å². The number of likely N-dealkylation sites (tertiary alicyclic amines) is 1. The molecule has 1 aliphatic heterocycles. The summed E-state index contributed by atoms with van der Waals surface area (Å²) in [6.45, 7) is 4.28. The third kappa shape index (κ3) is 3.57. The van der Waals surface area contributed by atoms with Crippen molar-refractivity contribution in [2.24, 2.45) is 5.92 Å². The standard InChI is InChI=1S/C17H20ClN3O2/c1-11-15(10-21-7-6-13(9-21)16(22)19-2)20-17(23-11)12-4-3-5-14(18)8-12/h3-5,8,13H,6-7,9-10H2,1-2H3,(H,19,22)/t13-/m1/s1. The van der Waals surface area contributed by atoms with Gasteiger partial charge in [-0.3, -0.25) is 9.69 Å². The first kappa shape index (κ1) is 16.0. The molecular formula is C17H20ClN3O2. The van der Waals surface area contributed by atoms with Crippen LogP contribution in [0, 0.1) is 12.8 Å². The van der Waals surface area contributed by atoms with Crippen molar-refractivity contribution in [3.8, 4) is 11.5 Å². The highest BCUT2D eigenvalue weighted by molar-refractivity contribution is 6.30. The van der Waals surface area contributed by atoms with E-state index in [-0.39, 0.29) is 11.8 Å². The Balaban J connectivity index is 1.71. The number of amides is 1. The second-order valence-electron chi connectivity index (χ2n) is 5.87. The summed E-state index contributed by atoms with van der Waals surface area (Å²) in [5, 5.41) is 3.38. The average Bonchev–Trinajstić information content (AvgIpc) is 3.14. The Morgan fingerprint density at radius 3 is 3.09 bits per heavy atom. The molecule has 1 N–H and O–H groups in total. The zero-order chi connectivity index (χ0) is 16.4. The molecule has 0 bridgehead atoms. The first-order chi connectivity index (χ1) is 11.1. The molecule has 1 aromatic carbocycles. The smallest absolute Gasteiger partial charge is 0.226 e. The molecule has 6 heteroatoms. The predicted octanol–water partition coefficient (Wildman–Crippen LogP) is 2.87. The van der Waals surface area contributed by atoms with E-state index in [9.17, 15) is 4.79 Å². The van der Waals surface area contributed by atoms with E-state index in [1.807, 2.05) is 31.2 Å². The van der Waals surface area contributed by atoms with Crippen LogP contribution in [0.1, 0.15) is 17.9 Å². The van der Waals surface area contributed by atoms with Gasteiger partial charge in [0.25, 0.3) is 0 Å². The quantitative estimate of drug-likeness (QED) is 0.934. The minimum Gasteiger partial charge on any atom is -0.441 e. The number of hydrogen-bond acceptors (Lipinski definition) is 4. The maximum Gasteiger partial charge on any atom is 0.226 e. The topological polar surface area (TPSA) is 58.4 Å². The molecule has 1 fully saturated rings. The molecule has 0 spiro atoms. The van der Waals surface area contributed by atoms with Gasteiger partial charge < -0.3 is 9.73 Å². The maximum atomic E-state index is 11.7. The van der Waals surface area contributed by atoms with Crippen LogP contribution in [0.25, 0.3) is 11.5 Å². The van der Waals surface area contributed by atoms with Crippen molar-refractivity contribution in [3.05, 3.63) is 40.7 Å². The molecule has 0 unspecified atom stereocenters. The molecule has 122 valence electrons. The van der Waals surface area contributed by atoms with E-state index >= 15 is 0 Å². The number of carbonyl (C=O) groups excluding carboxylic acids is 1. The second-order valence-corrected chi connectivity index (χ2v) is 6.30. The van der Waals surface area contributed by atoms with Crippen LogP contribution in [0.3, 0.4) is 0 Å². The molecule has 2 aromatic rings. The second kappa shape index (κ2) is 6.72. The normalized spacial score (nSPS) is 18.3. The summed E-state index contributed by atoms with van der Waals surface area (Å²) in [7, 11) is 1.68. The lowest BCUT2D eigenvalue weighted by atomic mass is 10.1. The highest BCUT2D eigenvalue weighted by Gasteiger charge is 2.28. The van der Waals surface area contributed by atoms with Crippen molar-refractivity contribution >= 4 is 17.5 Å². The first-order valence-electron chi connectivity index (χ1n) is 7.73. The van der Waals surface area contributed by atoms with Crippen LogP contribution in [0.5, 0.6) is 0 Å². The summed E-state index contributed by atoms with van der Waals surface area (Å²) in [5.74, 6) is 1.58. The van der Waals surface area contributed by atoms with Gasteiger partial charge >= 0.3 is 0 Å². The Hall–Kier alpha value is -1.85. The van der Waals surface area contributed by atoms with E-state index < -0.39 is 0 Å². The number of hydrogen-bond donors (Lipinski definition) is 1. The van der Waals surface area contributed by atoms with Crippen molar-refractivity contribution < 1.29 is 9.21 Å². The third-order valence-electron chi connectivity index (χ3n) is 4.23. The van der Waals surface area contributed by atoms with Gasteiger partial charge in [0.1, 0.15) is 5.76 Å². The van der Waals surface area contributed by atoms with E-state index in [1.54, 1.807) is 7.05 Å². The monoisotopic (exact) mass is 333 g/mol. The fourth-order valence-electron chi connectivity index (χ4n) is 2.93. The van der Waals surface area contributed by atoms with Gasteiger partial charge in [0.05, 0.1) is 11.6 Å². The molecule has 2 heterocycles. The van der Waals surface area contributed by atoms with Crippen LogP contribution in [-0.4, -0.2) is 35.9 Å². The molecule has 3 rings (SSSR count). The minimum atomic E-state index is 0.0691. The lowest BCUT2D eigenvalue weighted by Crippen LogP contribution is -2.30. The number of benzene rings is 1. The highest BCUT2D eigenvalue weighted by atomic mass is 35.5. The summed E-state index contributed by atoms with van der Waals surface area (Å²) >= 11 is 6.02.